The first-order valence-electron chi connectivity index (χ1n) is 7.71. The van der Waals surface area contributed by atoms with Gasteiger partial charge in [0.05, 0.1) is 0 Å². The molecule has 5 nitrogen and oxygen atoms in total. The Labute approximate surface area is 130 Å². The molecule has 0 aliphatic carbocycles. The Kier molecular flexibility index (Phi) is 4.63. The van der Waals surface area contributed by atoms with Gasteiger partial charge in [0, 0.05) is 43.9 Å². The Balaban J connectivity index is 1.64. The number of nitrogens with zero attached hydrogens (tertiary/aromatic N) is 3. The predicted octanol–water partition coefficient (Wildman–Crippen LogP) is 2.40. The number of nitrogens with one attached hydrogen (secondary N) is 1. The third-order valence-corrected chi connectivity index (χ3v) is 3.90. The maximum absolute atomic E-state index is 12.2. The van der Waals surface area contributed by atoms with Gasteiger partial charge in [-0.25, -0.2) is 0 Å². The normalized spacial score (nSPS) is 14.6. The summed E-state index contributed by atoms with van der Waals surface area (Å²) in [7, 11) is 0. The standard InChI is InChI=1S/C17H20N4O/c22-17(20-13-14-4-7-18-8-5-14)16-12-15(6-9-19-16)21-10-2-1-3-11-21/h4-9,12H,1-3,10-11,13H2,(H,20,22). The topological polar surface area (TPSA) is 58.1 Å². The summed E-state index contributed by atoms with van der Waals surface area (Å²) in [6.07, 6.45) is 8.87. The van der Waals surface area contributed by atoms with E-state index in [-0.39, 0.29) is 5.91 Å². The van der Waals surface area contributed by atoms with Crippen LogP contribution in [0.15, 0.2) is 42.9 Å². The number of carbonyl (C=O) groups excluding carboxylic acids is 1. The molecule has 5 heteroatoms. The summed E-state index contributed by atoms with van der Waals surface area (Å²) in [6, 6.07) is 7.63. The number of rotatable bonds is 4. The molecule has 3 heterocycles. The van der Waals surface area contributed by atoms with Crippen LogP contribution in [0, 0.1) is 0 Å². The molecule has 2 aromatic heterocycles. The molecule has 0 spiro atoms. The van der Waals surface area contributed by atoms with Crippen molar-refractivity contribution in [1.82, 2.24) is 15.3 Å². The number of hydrogen-bond donors (Lipinski definition) is 1. The van der Waals surface area contributed by atoms with Gasteiger partial charge >= 0.3 is 0 Å². The number of anilines is 1. The Morgan fingerprint density at radius 2 is 1.86 bits per heavy atom. The Morgan fingerprint density at radius 3 is 2.64 bits per heavy atom. The van der Waals surface area contributed by atoms with Gasteiger partial charge in [-0.1, -0.05) is 0 Å². The molecule has 1 saturated heterocycles. The molecule has 1 aliphatic heterocycles. The third-order valence-electron chi connectivity index (χ3n) is 3.90. The van der Waals surface area contributed by atoms with Crippen molar-refractivity contribution in [3.8, 4) is 0 Å². The Bertz CT molecular complexity index is 624. The summed E-state index contributed by atoms with van der Waals surface area (Å²) in [5.41, 5.74) is 2.58. The fraction of sp³-hybridized carbons (Fsp3) is 0.353. The fourth-order valence-electron chi connectivity index (χ4n) is 2.67. The number of carbonyl (C=O) groups is 1. The van der Waals surface area contributed by atoms with Gasteiger partial charge in [0.15, 0.2) is 0 Å². The van der Waals surface area contributed by atoms with Crippen molar-refractivity contribution in [1.29, 1.82) is 0 Å². The molecule has 22 heavy (non-hydrogen) atoms. The van der Waals surface area contributed by atoms with Crippen LogP contribution in [0.2, 0.25) is 0 Å². The second-order valence-electron chi connectivity index (χ2n) is 5.49. The smallest absolute Gasteiger partial charge is 0.270 e. The molecule has 1 aliphatic rings. The monoisotopic (exact) mass is 296 g/mol. The van der Waals surface area contributed by atoms with E-state index in [2.05, 4.69) is 20.2 Å². The van der Waals surface area contributed by atoms with E-state index in [4.69, 9.17) is 0 Å². The van der Waals surface area contributed by atoms with Crippen LogP contribution in [-0.4, -0.2) is 29.0 Å². The van der Waals surface area contributed by atoms with Crippen LogP contribution < -0.4 is 10.2 Å². The van der Waals surface area contributed by atoms with E-state index >= 15 is 0 Å². The number of aromatic nitrogens is 2. The summed E-state index contributed by atoms with van der Waals surface area (Å²) < 4.78 is 0. The highest BCUT2D eigenvalue weighted by atomic mass is 16.1. The first-order valence-corrected chi connectivity index (χ1v) is 7.71. The van der Waals surface area contributed by atoms with E-state index in [0.29, 0.717) is 12.2 Å². The van der Waals surface area contributed by atoms with Gasteiger partial charge in [-0.3, -0.25) is 14.8 Å². The summed E-state index contributed by atoms with van der Waals surface area (Å²) in [5.74, 6) is -0.143. The van der Waals surface area contributed by atoms with E-state index in [1.54, 1.807) is 18.6 Å². The number of pyridine rings is 2. The second-order valence-corrected chi connectivity index (χ2v) is 5.49. The lowest BCUT2D eigenvalue weighted by Crippen LogP contribution is -2.30. The maximum atomic E-state index is 12.2. The zero-order chi connectivity index (χ0) is 15.2. The fourth-order valence-corrected chi connectivity index (χ4v) is 2.67. The Hall–Kier alpha value is -2.43. The van der Waals surface area contributed by atoms with E-state index in [1.807, 2.05) is 24.3 Å². The van der Waals surface area contributed by atoms with Crippen LogP contribution in [0.5, 0.6) is 0 Å². The van der Waals surface area contributed by atoms with Crippen molar-refractivity contribution >= 4 is 11.6 Å². The zero-order valence-corrected chi connectivity index (χ0v) is 12.5. The van der Waals surface area contributed by atoms with Crippen LogP contribution >= 0.6 is 0 Å². The van der Waals surface area contributed by atoms with Crippen LogP contribution in [0.25, 0.3) is 0 Å². The molecule has 2 aromatic rings. The lowest BCUT2D eigenvalue weighted by atomic mass is 10.1. The summed E-state index contributed by atoms with van der Waals surface area (Å²) >= 11 is 0. The Morgan fingerprint density at radius 1 is 1.09 bits per heavy atom. The molecule has 1 N–H and O–H groups in total. The predicted molar refractivity (Wildman–Crippen MR) is 85.7 cm³/mol. The molecule has 0 bridgehead atoms. The third kappa shape index (κ3) is 3.61. The van der Waals surface area contributed by atoms with Crippen molar-refractivity contribution in [2.45, 2.75) is 25.8 Å². The summed E-state index contributed by atoms with van der Waals surface area (Å²) in [6.45, 7) is 2.60. The van der Waals surface area contributed by atoms with Gasteiger partial charge in [0.1, 0.15) is 5.69 Å². The average molecular weight is 296 g/mol. The van der Waals surface area contributed by atoms with Crippen molar-refractivity contribution in [3.05, 3.63) is 54.1 Å². The summed E-state index contributed by atoms with van der Waals surface area (Å²) in [4.78, 5) is 22.7. The molecule has 0 radical (unpaired) electrons. The van der Waals surface area contributed by atoms with Crippen LogP contribution in [0.4, 0.5) is 5.69 Å². The van der Waals surface area contributed by atoms with Crippen molar-refractivity contribution in [2.24, 2.45) is 0 Å². The second kappa shape index (κ2) is 7.02. The van der Waals surface area contributed by atoms with Crippen molar-refractivity contribution in [3.63, 3.8) is 0 Å². The molecule has 0 saturated carbocycles. The van der Waals surface area contributed by atoms with Gasteiger partial charge in [0.2, 0.25) is 0 Å². The molecule has 3 rings (SSSR count). The van der Waals surface area contributed by atoms with Gasteiger partial charge in [-0.15, -0.1) is 0 Å². The average Bonchev–Trinajstić information content (AvgIpc) is 2.61. The van der Waals surface area contributed by atoms with E-state index in [1.165, 1.54) is 19.3 Å². The van der Waals surface area contributed by atoms with Gasteiger partial charge in [-0.2, -0.15) is 0 Å². The van der Waals surface area contributed by atoms with Crippen LogP contribution in [0.3, 0.4) is 0 Å². The molecular weight excluding hydrogens is 276 g/mol. The minimum Gasteiger partial charge on any atom is -0.371 e. The van der Waals surface area contributed by atoms with Gasteiger partial charge in [0.25, 0.3) is 5.91 Å². The van der Waals surface area contributed by atoms with Gasteiger partial charge < -0.3 is 10.2 Å². The molecule has 0 atom stereocenters. The first kappa shape index (κ1) is 14.5. The lowest BCUT2D eigenvalue weighted by molar-refractivity contribution is 0.0946. The van der Waals surface area contributed by atoms with Crippen molar-refractivity contribution < 1.29 is 4.79 Å². The van der Waals surface area contributed by atoms with E-state index < -0.39 is 0 Å². The summed E-state index contributed by atoms with van der Waals surface area (Å²) in [5, 5.41) is 2.90. The maximum Gasteiger partial charge on any atom is 0.270 e. The van der Waals surface area contributed by atoms with Crippen LogP contribution in [0.1, 0.15) is 35.3 Å². The molecule has 1 fully saturated rings. The SMILES string of the molecule is O=C(NCc1ccncc1)c1cc(N2CCCCC2)ccn1. The largest absolute Gasteiger partial charge is 0.371 e. The molecule has 0 unspecified atom stereocenters. The first-order chi connectivity index (χ1) is 10.8. The van der Waals surface area contributed by atoms with Crippen molar-refractivity contribution in [2.75, 3.05) is 18.0 Å². The highest BCUT2D eigenvalue weighted by Crippen LogP contribution is 2.19. The van der Waals surface area contributed by atoms with Gasteiger partial charge in [-0.05, 0) is 49.1 Å². The molecular formula is C17H20N4O. The highest BCUT2D eigenvalue weighted by molar-refractivity contribution is 5.93. The lowest BCUT2D eigenvalue weighted by Gasteiger charge is -2.28. The number of piperidine rings is 1. The minimum atomic E-state index is -0.143. The minimum absolute atomic E-state index is 0.143. The number of amides is 1. The molecule has 114 valence electrons. The highest BCUT2D eigenvalue weighted by Gasteiger charge is 2.13. The molecule has 0 aromatic carbocycles. The number of hydrogen-bond acceptors (Lipinski definition) is 4. The van der Waals surface area contributed by atoms with E-state index in [9.17, 15) is 4.79 Å². The van der Waals surface area contributed by atoms with E-state index in [0.717, 1.165) is 24.3 Å². The molecule has 1 amide bonds. The quantitative estimate of drug-likeness (QED) is 0.941. The zero-order valence-electron chi connectivity index (χ0n) is 12.5. The van der Waals surface area contributed by atoms with Crippen LogP contribution in [-0.2, 0) is 6.54 Å².